The Morgan fingerprint density at radius 1 is 1.44 bits per heavy atom. The van der Waals surface area contributed by atoms with E-state index in [1.807, 2.05) is 24.3 Å². The van der Waals surface area contributed by atoms with Gasteiger partial charge in [0, 0.05) is 22.7 Å². The summed E-state index contributed by atoms with van der Waals surface area (Å²) in [5, 5.41) is 0. The Balaban J connectivity index is 0.00000162. The molecule has 1 amide bonds. The number of carbonyl (C=O) groups is 1. The molecule has 100 valence electrons. The number of hydrogen-bond donors (Lipinski definition) is 1. The van der Waals surface area contributed by atoms with E-state index in [1.54, 1.807) is 4.90 Å². The summed E-state index contributed by atoms with van der Waals surface area (Å²) in [6.07, 6.45) is 0.884. The predicted molar refractivity (Wildman–Crippen MR) is 81.1 cm³/mol. The van der Waals surface area contributed by atoms with Crippen LogP contribution >= 0.6 is 35.0 Å². The van der Waals surface area contributed by atoms with E-state index < -0.39 is 0 Å². The van der Waals surface area contributed by atoms with Crippen molar-refractivity contribution in [3.05, 3.63) is 27.8 Å². The standard InChI is InChI=1S/C12H15IN2O2.ClH/c13-9-1-3-11(4-2-9)17-8-12(16)15-6-5-10(14)7-15;/h1-4,10H,5-8,14H2;1H/t10-;/m1./s1. The van der Waals surface area contributed by atoms with Crippen molar-refractivity contribution < 1.29 is 9.53 Å². The molecule has 0 bridgehead atoms. The number of amides is 1. The SMILES string of the molecule is Cl.N[C@@H]1CCN(C(=O)COc2ccc(I)cc2)C1. The van der Waals surface area contributed by atoms with Crippen LogP contribution in [-0.2, 0) is 4.79 Å². The van der Waals surface area contributed by atoms with Gasteiger partial charge in [0.1, 0.15) is 5.75 Å². The average molecular weight is 383 g/mol. The molecular weight excluding hydrogens is 367 g/mol. The number of ether oxygens (including phenoxy) is 1. The lowest BCUT2D eigenvalue weighted by atomic mass is 10.3. The highest BCUT2D eigenvalue weighted by Gasteiger charge is 2.23. The minimum Gasteiger partial charge on any atom is -0.484 e. The van der Waals surface area contributed by atoms with Gasteiger partial charge >= 0.3 is 0 Å². The van der Waals surface area contributed by atoms with Gasteiger partial charge in [0.25, 0.3) is 5.91 Å². The van der Waals surface area contributed by atoms with Crippen LogP contribution in [0.5, 0.6) is 5.75 Å². The van der Waals surface area contributed by atoms with Crippen molar-refractivity contribution in [1.82, 2.24) is 4.90 Å². The lowest BCUT2D eigenvalue weighted by Crippen LogP contribution is -2.35. The Morgan fingerprint density at radius 3 is 2.67 bits per heavy atom. The second-order valence-electron chi connectivity index (χ2n) is 4.13. The van der Waals surface area contributed by atoms with E-state index in [0.717, 1.165) is 22.3 Å². The topological polar surface area (TPSA) is 55.6 Å². The lowest BCUT2D eigenvalue weighted by Gasteiger charge is -2.16. The van der Waals surface area contributed by atoms with Gasteiger partial charge in [0.05, 0.1) is 0 Å². The smallest absolute Gasteiger partial charge is 0.260 e. The summed E-state index contributed by atoms with van der Waals surface area (Å²) in [5.41, 5.74) is 5.75. The summed E-state index contributed by atoms with van der Waals surface area (Å²) in [6, 6.07) is 7.76. The van der Waals surface area contributed by atoms with E-state index in [4.69, 9.17) is 10.5 Å². The first-order valence-electron chi connectivity index (χ1n) is 5.57. The zero-order valence-corrected chi connectivity index (χ0v) is 12.8. The van der Waals surface area contributed by atoms with E-state index in [-0.39, 0.29) is 31.0 Å². The molecule has 1 heterocycles. The Hall–Kier alpha value is -0.530. The van der Waals surface area contributed by atoms with Gasteiger partial charge in [-0.2, -0.15) is 0 Å². The maximum Gasteiger partial charge on any atom is 0.260 e. The monoisotopic (exact) mass is 382 g/mol. The molecule has 0 unspecified atom stereocenters. The first-order valence-corrected chi connectivity index (χ1v) is 6.65. The van der Waals surface area contributed by atoms with Crippen molar-refractivity contribution in [1.29, 1.82) is 0 Å². The van der Waals surface area contributed by atoms with Crippen LogP contribution in [-0.4, -0.2) is 36.5 Å². The first-order chi connectivity index (χ1) is 8.15. The van der Waals surface area contributed by atoms with Crippen molar-refractivity contribution in [2.75, 3.05) is 19.7 Å². The number of nitrogens with two attached hydrogens (primary N) is 1. The number of nitrogens with zero attached hydrogens (tertiary/aromatic N) is 1. The third-order valence-electron chi connectivity index (χ3n) is 2.75. The van der Waals surface area contributed by atoms with E-state index >= 15 is 0 Å². The summed E-state index contributed by atoms with van der Waals surface area (Å²) in [5.74, 6) is 0.735. The molecule has 0 spiro atoms. The molecule has 2 rings (SSSR count). The third kappa shape index (κ3) is 4.29. The number of halogens is 2. The summed E-state index contributed by atoms with van der Waals surface area (Å²) in [4.78, 5) is 13.5. The highest BCUT2D eigenvalue weighted by Crippen LogP contribution is 2.14. The van der Waals surface area contributed by atoms with E-state index in [0.29, 0.717) is 6.54 Å². The predicted octanol–water partition coefficient (Wildman–Crippen LogP) is 1.65. The molecule has 2 N–H and O–H groups in total. The number of likely N-dealkylation sites (tertiary alicyclic amines) is 1. The van der Waals surface area contributed by atoms with Crippen LogP contribution in [0.4, 0.5) is 0 Å². The van der Waals surface area contributed by atoms with Gasteiger partial charge in [-0.25, -0.2) is 0 Å². The maximum absolute atomic E-state index is 11.8. The molecule has 1 fully saturated rings. The number of rotatable bonds is 3. The minimum absolute atomic E-state index is 0. The van der Waals surface area contributed by atoms with E-state index in [2.05, 4.69) is 22.6 Å². The van der Waals surface area contributed by atoms with Gasteiger partial charge in [-0.1, -0.05) is 0 Å². The average Bonchev–Trinajstić information content (AvgIpc) is 2.75. The molecule has 6 heteroatoms. The summed E-state index contributed by atoms with van der Waals surface area (Å²) < 4.78 is 6.58. The Labute approximate surface area is 126 Å². The van der Waals surface area contributed by atoms with Crippen LogP contribution in [0.3, 0.4) is 0 Å². The van der Waals surface area contributed by atoms with Gasteiger partial charge in [-0.15, -0.1) is 12.4 Å². The van der Waals surface area contributed by atoms with Crippen molar-refractivity contribution in [3.63, 3.8) is 0 Å². The molecule has 4 nitrogen and oxygen atoms in total. The van der Waals surface area contributed by atoms with E-state index in [9.17, 15) is 4.79 Å². The molecule has 0 aliphatic carbocycles. The molecule has 1 aromatic carbocycles. The molecule has 1 saturated heterocycles. The molecule has 0 aromatic heterocycles. The normalized spacial score (nSPS) is 18.3. The highest BCUT2D eigenvalue weighted by atomic mass is 127. The molecule has 1 aliphatic heterocycles. The Bertz CT molecular complexity index is 400. The van der Waals surface area contributed by atoms with Crippen molar-refractivity contribution in [2.45, 2.75) is 12.5 Å². The fourth-order valence-corrected chi connectivity index (χ4v) is 2.14. The second-order valence-corrected chi connectivity index (χ2v) is 5.38. The van der Waals surface area contributed by atoms with Crippen LogP contribution in [0.25, 0.3) is 0 Å². The van der Waals surface area contributed by atoms with E-state index in [1.165, 1.54) is 0 Å². The molecule has 0 radical (unpaired) electrons. The summed E-state index contributed by atoms with van der Waals surface area (Å²) in [7, 11) is 0. The number of hydrogen-bond acceptors (Lipinski definition) is 3. The molecule has 18 heavy (non-hydrogen) atoms. The summed E-state index contributed by atoms with van der Waals surface area (Å²) in [6.45, 7) is 1.48. The van der Waals surface area contributed by atoms with Crippen molar-refractivity contribution in [2.24, 2.45) is 5.73 Å². The molecule has 0 saturated carbocycles. The van der Waals surface area contributed by atoms with Crippen LogP contribution < -0.4 is 10.5 Å². The van der Waals surface area contributed by atoms with Gasteiger partial charge in [-0.05, 0) is 53.3 Å². The lowest BCUT2D eigenvalue weighted by molar-refractivity contribution is -0.132. The van der Waals surface area contributed by atoms with Crippen LogP contribution in [0.15, 0.2) is 24.3 Å². The highest BCUT2D eigenvalue weighted by molar-refractivity contribution is 14.1. The quantitative estimate of drug-likeness (QED) is 0.809. The minimum atomic E-state index is 0. The first kappa shape index (κ1) is 15.5. The fourth-order valence-electron chi connectivity index (χ4n) is 1.78. The largest absolute Gasteiger partial charge is 0.484 e. The number of carbonyl (C=O) groups excluding carboxylic acids is 1. The van der Waals surface area contributed by atoms with Crippen LogP contribution in [0.1, 0.15) is 6.42 Å². The third-order valence-corrected chi connectivity index (χ3v) is 3.47. The van der Waals surface area contributed by atoms with Gasteiger partial charge in [0.2, 0.25) is 0 Å². The van der Waals surface area contributed by atoms with Crippen molar-refractivity contribution in [3.8, 4) is 5.75 Å². The van der Waals surface area contributed by atoms with Crippen LogP contribution in [0.2, 0.25) is 0 Å². The Morgan fingerprint density at radius 2 is 2.11 bits per heavy atom. The molecule has 1 aliphatic rings. The van der Waals surface area contributed by atoms with Crippen molar-refractivity contribution >= 4 is 40.9 Å². The number of benzene rings is 1. The molecular formula is C12H16ClIN2O2. The maximum atomic E-state index is 11.8. The fraction of sp³-hybridized carbons (Fsp3) is 0.417. The zero-order valence-electron chi connectivity index (χ0n) is 9.84. The van der Waals surface area contributed by atoms with Gasteiger partial charge in [-0.3, -0.25) is 4.79 Å². The van der Waals surface area contributed by atoms with Gasteiger partial charge < -0.3 is 15.4 Å². The second kappa shape index (κ2) is 7.16. The van der Waals surface area contributed by atoms with Crippen LogP contribution in [0, 0.1) is 3.57 Å². The molecule has 1 atom stereocenters. The van der Waals surface area contributed by atoms with Gasteiger partial charge in [0.15, 0.2) is 6.61 Å². The zero-order chi connectivity index (χ0) is 12.3. The Kier molecular flexibility index (Phi) is 6.17. The summed E-state index contributed by atoms with van der Waals surface area (Å²) >= 11 is 2.23. The molecule has 1 aromatic rings.